The summed E-state index contributed by atoms with van der Waals surface area (Å²) < 4.78 is 26.0. The summed E-state index contributed by atoms with van der Waals surface area (Å²) in [6, 6.07) is 1.40. The number of halogens is 2. The molecule has 0 radical (unpaired) electrons. The first-order valence-electron chi connectivity index (χ1n) is 4.04. The van der Waals surface area contributed by atoms with Gasteiger partial charge in [-0.1, -0.05) is 0 Å². The molecule has 80 valence electrons. The molecule has 0 aliphatic carbocycles. The highest BCUT2D eigenvalue weighted by Gasteiger charge is 2.20. The van der Waals surface area contributed by atoms with E-state index in [9.17, 15) is 23.7 Å². The van der Waals surface area contributed by atoms with Crippen LogP contribution < -0.4 is 0 Å². The van der Waals surface area contributed by atoms with Crippen LogP contribution in [0.1, 0.15) is 29.0 Å². The average molecular weight is 215 g/mol. The van der Waals surface area contributed by atoms with E-state index in [0.717, 1.165) is 13.0 Å². The molecule has 0 heterocycles. The zero-order chi connectivity index (χ0) is 11.6. The van der Waals surface area contributed by atoms with Crippen molar-refractivity contribution >= 4 is 12.0 Å². The quantitative estimate of drug-likeness (QED) is 0.442. The largest absolute Gasteiger partial charge is 0.305 e. The summed E-state index contributed by atoms with van der Waals surface area (Å²) in [5, 5.41) is 10.3. The molecule has 0 spiro atoms. The van der Waals surface area contributed by atoms with Gasteiger partial charge in [0.25, 0.3) is 0 Å². The van der Waals surface area contributed by atoms with Crippen LogP contribution in [0.3, 0.4) is 0 Å². The van der Waals surface area contributed by atoms with E-state index in [1.54, 1.807) is 0 Å². The molecule has 1 rings (SSSR count). The van der Waals surface area contributed by atoms with Gasteiger partial charge in [-0.25, -0.2) is 4.39 Å². The van der Waals surface area contributed by atoms with Crippen LogP contribution in [0.15, 0.2) is 12.1 Å². The van der Waals surface area contributed by atoms with Crippen molar-refractivity contribution in [3.8, 4) is 0 Å². The fourth-order valence-corrected chi connectivity index (χ4v) is 1.18. The monoisotopic (exact) mass is 215 g/mol. The van der Waals surface area contributed by atoms with Crippen molar-refractivity contribution in [1.29, 1.82) is 0 Å². The molecule has 0 saturated heterocycles. The minimum atomic E-state index is -1.56. The summed E-state index contributed by atoms with van der Waals surface area (Å²) in [7, 11) is 0. The Kier molecular flexibility index (Phi) is 3.08. The van der Waals surface area contributed by atoms with Gasteiger partial charge in [-0.3, -0.25) is 14.9 Å². The molecular weight excluding hydrogens is 208 g/mol. The Labute approximate surface area is 83.7 Å². The van der Waals surface area contributed by atoms with Crippen molar-refractivity contribution in [1.82, 2.24) is 0 Å². The fraction of sp³-hybridized carbons (Fsp3) is 0.222. The van der Waals surface area contributed by atoms with Crippen LogP contribution in [-0.2, 0) is 0 Å². The summed E-state index contributed by atoms with van der Waals surface area (Å²) in [5.74, 6) is -1.15. The molecule has 0 aliphatic heterocycles. The number of rotatable bonds is 3. The van der Waals surface area contributed by atoms with E-state index in [2.05, 4.69) is 0 Å². The number of aldehydes is 1. The van der Waals surface area contributed by atoms with Crippen LogP contribution in [0, 0.1) is 15.9 Å². The van der Waals surface area contributed by atoms with Gasteiger partial charge in [0.05, 0.1) is 4.92 Å². The highest BCUT2D eigenvalue weighted by molar-refractivity contribution is 5.79. The average Bonchev–Trinajstić information content (AvgIpc) is 2.16. The van der Waals surface area contributed by atoms with Gasteiger partial charge in [-0.15, -0.1) is 0 Å². The maximum Gasteiger partial charge on any atom is 0.305 e. The third-order valence-electron chi connectivity index (χ3n) is 1.90. The molecule has 15 heavy (non-hydrogen) atoms. The van der Waals surface area contributed by atoms with Gasteiger partial charge in [0.1, 0.15) is 6.17 Å². The lowest BCUT2D eigenvalue weighted by molar-refractivity contribution is -0.387. The van der Waals surface area contributed by atoms with Crippen LogP contribution in [0.5, 0.6) is 0 Å². The highest BCUT2D eigenvalue weighted by atomic mass is 19.1. The number of benzene rings is 1. The van der Waals surface area contributed by atoms with Gasteiger partial charge in [0.15, 0.2) is 6.29 Å². The molecule has 0 fully saturated rings. The molecule has 0 aliphatic rings. The Bertz CT molecular complexity index is 418. The summed E-state index contributed by atoms with van der Waals surface area (Å²) in [4.78, 5) is 19.9. The first kappa shape index (κ1) is 11.2. The number of nitro groups is 1. The molecule has 4 nitrogen and oxygen atoms in total. The maximum absolute atomic E-state index is 13.1. The Hall–Kier alpha value is -1.85. The number of hydrogen-bond donors (Lipinski definition) is 0. The van der Waals surface area contributed by atoms with Gasteiger partial charge in [0, 0.05) is 11.6 Å². The molecule has 0 bridgehead atoms. The standard InChI is InChI=1S/C9H7F2NO3/c1-5(10)7-3-8(11)9(12(14)15)2-6(7)4-13/h2-5H,1H3/t5-/m1/s1. The highest BCUT2D eigenvalue weighted by Crippen LogP contribution is 2.27. The number of nitro benzene ring substituents is 1. The van der Waals surface area contributed by atoms with E-state index in [-0.39, 0.29) is 17.4 Å². The van der Waals surface area contributed by atoms with Crippen LogP contribution in [0.4, 0.5) is 14.5 Å². The summed E-state index contributed by atoms with van der Waals surface area (Å²) >= 11 is 0. The van der Waals surface area contributed by atoms with Crippen LogP contribution in [0.25, 0.3) is 0 Å². The summed E-state index contributed by atoms with van der Waals surface area (Å²) in [5.41, 5.74) is -1.23. The molecule has 1 aromatic carbocycles. The lowest BCUT2D eigenvalue weighted by atomic mass is 10.0. The first-order valence-corrected chi connectivity index (χ1v) is 4.04. The predicted octanol–water partition coefficient (Wildman–Crippen LogP) is 2.58. The second-order valence-corrected chi connectivity index (χ2v) is 2.92. The van der Waals surface area contributed by atoms with E-state index >= 15 is 0 Å². The van der Waals surface area contributed by atoms with Crippen molar-refractivity contribution in [3.63, 3.8) is 0 Å². The third-order valence-corrected chi connectivity index (χ3v) is 1.90. The minimum absolute atomic E-state index is 0.187. The van der Waals surface area contributed by atoms with Crippen molar-refractivity contribution in [2.75, 3.05) is 0 Å². The van der Waals surface area contributed by atoms with Crippen molar-refractivity contribution in [2.24, 2.45) is 0 Å². The third kappa shape index (κ3) is 2.15. The molecule has 6 heteroatoms. The van der Waals surface area contributed by atoms with Crippen LogP contribution in [0.2, 0.25) is 0 Å². The van der Waals surface area contributed by atoms with E-state index in [0.29, 0.717) is 6.07 Å². The van der Waals surface area contributed by atoms with E-state index < -0.39 is 22.6 Å². The van der Waals surface area contributed by atoms with E-state index in [4.69, 9.17) is 0 Å². The Balaban J connectivity index is 3.42. The lowest BCUT2D eigenvalue weighted by Gasteiger charge is -2.05. The van der Waals surface area contributed by atoms with Crippen LogP contribution in [-0.4, -0.2) is 11.2 Å². The molecule has 1 aromatic rings. The maximum atomic E-state index is 13.1. The summed E-state index contributed by atoms with van der Waals surface area (Å²) in [6.45, 7) is 1.12. The topological polar surface area (TPSA) is 60.2 Å². The smallest absolute Gasteiger partial charge is 0.298 e. The number of nitrogens with zero attached hydrogens (tertiary/aromatic N) is 1. The Morgan fingerprint density at radius 2 is 2.13 bits per heavy atom. The number of carbonyl (C=O) groups excluding carboxylic acids is 1. The normalized spacial score (nSPS) is 12.2. The minimum Gasteiger partial charge on any atom is -0.298 e. The molecule has 0 saturated carbocycles. The van der Waals surface area contributed by atoms with Gasteiger partial charge in [0.2, 0.25) is 5.82 Å². The number of carbonyl (C=O) groups is 1. The van der Waals surface area contributed by atoms with Gasteiger partial charge in [-0.05, 0) is 18.6 Å². The molecule has 0 N–H and O–H groups in total. The van der Waals surface area contributed by atoms with Crippen molar-refractivity contribution in [3.05, 3.63) is 39.2 Å². The van der Waals surface area contributed by atoms with Gasteiger partial charge < -0.3 is 0 Å². The van der Waals surface area contributed by atoms with Crippen molar-refractivity contribution in [2.45, 2.75) is 13.1 Å². The Morgan fingerprint density at radius 1 is 1.53 bits per heavy atom. The second kappa shape index (κ2) is 4.12. The van der Waals surface area contributed by atoms with Gasteiger partial charge >= 0.3 is 5.69 Å². The number of alkyl halides is 1. The lowest BCUT2D eigenvalue weighted by Crippen LogP contribution is -2.00. The van der Waals surface area contributed by atoms with Gasteiger partial charge in [-0.2, -0.15) is 4.39 Å². The predicted molar refractivity (Wildman–Crippen MR) is 48.0 cm³/mol. The molecule has 0 amide bonds. The second-order valence-electron chi connectivity index (χ2n) is 2.92. The molecule has 1 atom stereocenters. The number of hydrogen-bond acceptors (Lipinski definition) is 3. The zero-order valence-corrected chi connectivity index (χ0v) is 7.74. The molecule has 0 aromatic heterocycles. The first-order chi connectivity index (χ1) is 6.97. The molecule has 0 unspecified atom stereocenters. The molecular formula is C9H7F2NO3. The fourth-order valence-electron chi connectivity index (χ4n) is 1.18. The van der Waals surface area contributed by atoms with Crippen molar-refractivity contribution < 1.29 is 18.5 Å². The van der Waals surface area contributed by atoms with Crippen LogP contribution >= 0.6 is 0 Å². The van der Waals surface area contributed by atoms with E-state index in [1.165, 1.54) is 0 Å². The summed E-state index contributed by atoms with van der Waals surface area (Å²) in [6.07, 6.45) is -1.29. The SMILES string of the molecule is C[C@@H](F)c1cc(F)c([N+](=O)[O-])cc1C=O. The Morgan fingerprint density at radius 3 is 2.53 bits per heavy atom. The zero-order valence-electron chi connectivity index (χ0n) is 7.74. The van der Waals surface area contributed by atoms with E-state index in [1.807, 2.05) is 0 Å².